The molecule has 0 unspecified atom stereocenters. The predicted octanol–water partition coefficient (Wildman–Crippen LogP) is 2.36. The van der Waals surface area contributed by atoms with Gasteiger partial charge < -0.3 is 0 Å². The zero-order chi connectivity index (χ0) is 12.7. The molecule has 5 nitrogen and oxygen atoms in total. The molecule has 0 spiro atoms. The number of hydrogen-bond donors (Lipinski definition) is 0. The van der Waals surface area contributed by atoms with E-state index in [2.05, 4.69) is 19.9 Å². The molecule has 5 heteroatoms. The van der Waals surface area contributed by atoms with Gasteiger partial charge in [-0.25, -0.2) is 15.0 Å². The second-order valence-electron chi connectivity index (χ2n) is 4.17. The molecule has 0 atom stereocenters. The number of nitrogens with zero attached hydrogens (tertiary/aromatic N) is 5. The minimum absolute atomic E-state index is 0.637. The fourth-order valence-electron chi connectivity index (χ4n) is 2.12. The Labute approximate surface area is 108 Å². The Balaban J connectivity index is 1.99. The molecule has 4 rings (SSSR count). The van der Waals surface area contributed by atoms with Crippen molar-refractivity contribution in [2.24, 2.45) is 0 Å². The van der Waals surface area contributed by atoms with Gasteiger partial charge in [0.05, 0.1) is 11.0 Å². The third kappa shape index (κ3) is 1.55. The smallest absolute Gasteiger partial charge is 0.180 e. The summed E-state index contributed by atoms with van der Waals surface area (Å²) in [5, 5.41) is 0. The van der Waals surface area contributed by atoms with Crippen LogP contribution in [0.2, 0.25) is 0 Å². The van der Waals surface area contributed by atoms with E-state index in [1.165, 1.54) is 0 Å². The number of pyridine rings is 1. The van der Waals surface area contributed by atoms with E-state index in [-0.39, 0.29) is 0 Å². The van der Waals surface area contributed by atoms with Crippen LogP contribution in [0.3, 0.4) is 0 Å². The molecule has 1 aromatic carbocycles. The van der Waals surface area contributed by atoms with Crippen molar-refractivity contribution in [2.75, 3.05) is 0 Å². The van der Waals surface area contributed by atoms with Crippen LogP contribution in [0.1, 0.15) is 0 Å². The third-order valence-electron chi connectivity index (χ3n) is 3.02. The Morgan fingerprint density at radius 3 is 2.68 bits per heavy atom. The van der Waals surface area contributed by atoms with E-state index in [0.717, 1.165) is 22.4 Å². The Bertz CT molecular complexity index is 881. The van der Waals surface area contributed by atoms with Gasteiger partial charge in [-0.1, -0.05) is 12.1 Å². The highest BCUT2D eigenvalue weighted by molar-refractivity contribution is 5.78. The predicted molar refractivity (Wildman–Crippen MR) is 72.0 cm³/mol. The summed E-state index contributed by atoms with van der Waals surface area (Å²) in [7, 11) is 0. The van der Waals surface area contributed by atoms with Gasteiger partial charge in [-0.15, -0.1) is 0 Å². The highest BCUT2D eigenvalue weighted by Crippen LogP contribution is 2.17. The molecule has 0 fully saturated rings. The molecule has 3 aromatic heterocycles. The number of benzene rings is 1. The van der Waals surface area contributed by atoms with Gasteiger partial charge >= 0.3 is 0 Å². The first-order chi connectivity index (χ1) is 9.42. The SMILES string of the molecule is c1ccc2c(c1)ncn2-c1ccc2nccnc2n1. The molecule has 0 bridgehead atoms. The first kappa shape index (κ1) is 10.1. The quantitative estimate of drug-likeness (QED) is 0.518. The Kier molecular flexibility index (Phi) is 2.05. The number of fused-ring (bicyclic) bond motifs is 2. The fraction of sp³-hybridized carbons (Fsp3) is 0. The average Bonchev–Trinajstić information content (AvgIpc) is 2.91. The van der Waals surface area contributed by atoms with E-state index < -0.39 is 0 Å². The maximum Gasteiger partial charge on any atom is 0.180 e. The summed E-state index contributed by atoms with van der Waals surface area (Å²) in [5.74, 6) is 0.793. The second-order valence-corrected chi connectivity index (χ2v) is 4.17. The van der Waals surface area contributed by atoms with Crippen molar-refractivity contribution in [3.63, 3.8) is 0 Å². The lowest BCUT2D eigenvalue weighted by Crippen LogP contribution is -1.97. The Morgan fingerprint density at radius 2 is 1.68 bits per heavy atom. The van der Waals surface area contributed by atoms with E-state index in [9.17, 15) is 0 Å². The molecule has 0 saturated heterocycles. The number of para-hydroxylation sites is 2. The number of hydrogen-bond acceptors (Lipinski definition) is 4. The van der Waals surface area contributed by atoms with Crippen molar-refractivity contribution < 1.29 is 0 Å². The van der Waals surface area contributed by atoms with Crippen molar-refractivity contribution >= 4 is 22.2 Å². The monoisotopic (exact) mass is 247 g/mol. The Hall–Kier alpha value is -2.82. The molecule has 0 amide bonds. The van der Waals surface area contributed by atoms with Crippen LogP contribution in [0.4, 0.5) is 0 Å². The molecule has 0 N–H and O–H groups in total. The molecular formula is C14H9N5. The minimum atomic E-state index is 0.637. The summed E-state index contributed by atoms with van der Waals surface area (Å²) in [6, 6.07) is 11.8. The summed E-state index contributed by atoms with van der Waals surface area (Å²) < 4.78 is 1.95. The zero-order valence-corrected chi connectivity index (χ0v) is 9.93. The molecule has 0 radical (unpaired) electrons. The lowest BCUT2D eigenvalue weighted by Gasteiger charge is -2.03. The number of rotatable bonds is 1. The van der Waals surface area contributed by atoms with Crippen LogP contribution in [0, 0.1) is 0 Å². The molecule has 0 saturated carbocycles. The van der Waals surface area contributed by atoms with Gasteiger partial charge in [0, 0.05) is 12.4 Å². The molecule has 0 aliphatic rings. The van der Waals surface area contributed by atoms with Crippen LogP contribution in [-0.2, 0) is 0 Å². The maximum atomic E-state index is 4.52. The van der Waals surface area contributed by atoms with Crippen LogP contribution >= 0.6 is 0 Å². The average molecular weight is 247 g/mol. The van der Waals surface area contributed by atoms with Crippen molar-refractivity contribution in [1.29, 1.82) is 0 Å². The summed E-state index contributed by atoms with van der Waals surface area (Å²) in [5.41, 5.74) is 3.40. The van der Waals surface area contributed by atoms with Crippen molar-refractivity contribution in [3.8, 4) is 5.82 Å². The fourth-order valence-corrected chi connectivity index (χ4v) is 2.12. The highest BCUT2D eigenvalue weighted by Gasteiger charge is 2.06. The molecule has 0 aliphatic carbocycles. The first-order valence-electron chi connectivity index (χ1n) is 5.92. The van der Waals surface area contributed by atoms with E-state index in [1.807, 2.05) is 41.0 Å². The van der Waals surface area contributed by atoms with E-state index in [0.29, 0.717) is 5.65 Å². The largest absolute Gasteiger partial charge is 0.283 e. The van der Waals surface area contributed by atoms with Gasteiger partial charge in [-0.3, -0.25) is 9.55 Å². The first-order valence-corrected chi connectivity index (χ1v) is 5.92. The van der Waals surface area contributed by atoms with Crippen LogP contribution in [0.25, 0.3) is 28.0 Å². The van der Waals surface area contributed by atoms with E-state index in [4.69, 9.17) is 0 Å². The molecule has 3 heterocycles. The second kappa shape index (κ2) is 3.84. The zero-order valence-electron chi connectivity index (χ0n) is 9.93. The van der Waals surface area contributed by atoms with Crippen LogP contribution in [0.15, 0.2) is 55.1 Å². The Morgan fingerprint density at radius 1 is 0.789 bits per heavy atom. The third-order valence-corrected chi connectivity index (χ3v) is 3.02. The number of aromatic nitrogens is 5. The molecular weight excluding hydrogens is 238 g/mol. The molecule has 0 aliphatic heterocycles. The summed E-state index contributed by atoms with van der Waals surface area (Å²) >= 11 is 0. The summed E-state index contributed by atoms with van der Waals surface area (Å²) in [6.45, 7) is 0. The molecule has 19 heavy (non-hydrogen) atoms. The van der Waals surface area contributed by atoms with Crippen LogP contribution < -0.4 is 0 Å². The van der Waals surface area contributed by atoms with E-state index >= 15 is 0 Å². The highest BCUT2D eigenvalue weighted by atomic mass is 15.1. The van der Waals surface area contributed by atoms with Crippen molar-refractivity contribution in [3.05, 3.63) is 55.1 Å². The lowest BCUT2D eigenvalue weighted by molar-refractivity contribution is 1.03. The summed E-state index contributed by atoms with van der Waals surface area (Å²) in [4.78, 5) is 17.3. The standard InChI is InChI=1S/C14H9N5/c1-2-4-12-10(3-1)17-9-19(12)13-6-5-11-14(18-13)16-8-7-15-11/h1-9H. The van der Waals surface area contributed by atoms with Gasteiger partial charge in [0.25, 0.3) is 0 Å². The number of imidazole rings is 1. The van der Waals surface area contributed by atoms with Gasteiger partial charge in [-0.05, 0) is 24.3 Å². The van der Waals surface area contributed by atoms with Gasteiger partial charge in [0.1, 0.15) is 17.7 Å². The lowest BCUT2D eigenvalue weighted by atomic mass is 10.3. The summed E-state index contributed by atoms with van der Waals surface area (Å²) in [6.07, 6.45) is 5.08. The van der Waals surface area contributed by atoms with Gasteiger partial charge in [-0.2, -0.15) is 0 Å². The van der Waals surface area contributed by atoms with Crippen LogP contribution in [-0.4, -0.2) is 24.5 Å². The molecule has 90 valence electrons. The normalized spacial score (nSPS) is 11.2. The van der Waals surface area contributed by atoms with Crippen molar-refractivity contribution in [2.45, 2.75) is 0 Å². The minimum Gasteiger partial charge on any atom is -0.283 e. The van der Waals surface area contributed by atoms with Crippen LogP contribution in [0.5, 0.6) is 0 Å². The molecule has 4 aromatic rings. The maximum absolute atomic E-state index is 4.52. The topological polar surface area (TPSA) is 56.5 Å². The van der Waals surface area contributed by atoms with Gasteiger partial charge in [0.2, 0.25) is 0 Å². The van der Waals surface area contributed by atoms with Crippen molar-refractivity contribution in [1.82, 2.24) is 24.5 Å². The van der Waals surface area contributed by atoms with Gasteiger partial charge in [0.15, 0.2) is 5.65 Å². The van der Waals surface area contributed by atoms with E-state index in [1.54, 1.807) is 18.7 Å².